The first-order valence-corrected chi connectivity index (χ1v) is 9.41. The Morgan fingerprint density at radius 3 is 2.53 bits per heavy atom. The van der Waals surface area contributed by atoms with Crippen molar-refractivity contribution in [2.45, 2.75) is 6.23 Å². The fourth-order valence-corrected chi connectivity index (χ4v) is 3.49. The van der Waals surface area contributed by atoms with Gasteiger partial charge in [-0.1, -0.05) is 35.5 Å². The van der Waals surface area contributed by atoms with Crippen molar-refractivity contribution in [2.75, 3.05) is 18.8 Å². The number of hydrogen-bond acceptors (Lipinski definition) is 7. The molecule has 0 saturated heterocycles. The smallest absolute Gasteiger partial charge is 0.337 e. The van der Waals surface area contributed by atoms with Gasteiger partial charge in [-0.2, -0.15) is 0 Å². The lowest BCUT2D eigenvalue weighted by atomic mass is 10.1. The summed E-state index contributed by atoms with van der Waals surface area (Å²) in [4.78, 5) is 19.6. The SMILES string of the molecule is COC(=O)c1ccc(C2=NOC(c3ccc4c(c3)OCO4)N2c2ccccc2)cc1. The highest BCUT2D eigenvalue weighted by molar-refractivity contribution is 6.11. The number of amidine groups is 1. The molecule has 0 aromatic heterocycles. The lowest BCUT2D eigenvalue weighted by Crippen LogP contribution is -2.31. The van der Waals surface area contributed by atoms with E-state index in [0.717, 1.165) is 16.8 Å². The first-order chi connectivity index (χ1) is 14.7. The molecule has 0 N–H and O–H groups in total. The maximum Gasteiger partial charge on any atom is 0.337 e. The van der Waals surface area contributed by atoms with Crippen molar-refractivity contribution in [3.8, 4) is 11.5 Å². The second-order valence-electron chi connectivity index (χ2n) is 6.76. The van der Waals surface area contributed by atoms with Gasteiger partial charge in [-0.3, -0.25) is 4.90 Å². The Bertz CT molecular complexity index is 1110. The molecule has 0 amide bonds. The Morgan fingerprint density at radius 1 is 1.00 bits per heavy atom. The van der Waals surface area contributed by atoms with Crippen molar-refractivity contribution in [1.82, 2.24) is 0 Å². The summed E-state index contributed by atoms with van der Waals surface area (Å²) in [6, 6.07) is 22.6. The lowest BCUT2D eigenvalue weighted by molar-refractivity contribution is 0.0600. The van der Waals surface area contributed by atoms with E-state index in [0.29, 0.717) is 22.9 Å². The van der Waals surface area contributed by atoms with Crippen LogP contribution in [0.15, 0.2) is 78.0 Å². The van der Waals surface area contributed by atoms with Gasteiger partial charge in [0.25, 0.3) is 0 Å². The van der Waals surface area contributed by atoms with Crippen LogP contribution in [0, 0.1) is 0 Å². The third kappa shape index (κ3) is 3.10. The molecule has 2 heterocycles. The Hall–Kier alpha value is -4.00. The third-order valence-electron chi connectivity index (χ3n) is 4.98. The average Bonchev–Trinajstić information content (AvgIpc) is 3.46. The second-order valence-corrected chi connectivity index (χ2v) is 6.76. The van der Waals surface area contributed by atoms with Crippen molar-refractivity contribution in [1.29, 1.82) is 0 Å². The van der Waals surface area contributed by atoms with Gasteiger partial charge in [-0.15, -0.1) is 0 Å². The quantitative estimate of drug-likeness (QED) is 0.612. The number of para-hydroxylation sites is 1. The minimum Gasteiger partial charge on any atom is -0.465 e. The molecule has 2 aliphatic heterocycles. The first-order valence-electron chi connectivity index (χ1n) is 9.41. The standard InChI is InChI=1S/C23H18N2O5/c1-27-23(26)16-9-7-15(8-10-16)21-24-30-22(25(21)18-5-3-2-4-6-18)17-11-12-19-20(13-17)29-14-28-19/h2-13,22H,14H2,1H3. The van der Waals surface area contributed by atoms with E-state index in [9.17, 15) is 4.79 Å². The highest BCUT2D eigenvalue weighted by Gasteiger charge is 2.34. The van der Waals surface area contributed by atoms with Crippen molar-refractivity contribution in [2.24, 2.45) is 5.16 Å². The highest BCUT2D eigenvalue weighted by atomic mass is 16.7. The van der Waals surface area contributed by atoms with Crippen LogP contribution in [0.3, 0.4) is 0 Å². The Kier molecular flexibility index (Phi) is 4.48. The number of methoxy groups -OCH3 is 1. The maximum atomic E-state index is 11.8. The van der Waals surface area contributed by atoms with Gasteiger partial charge in [0, 0.05) is 16.8 Å². The van der Waals surface area contributed by atoms with Crippen LogP contribution in [0.5, 0.6) is 11.5 Å². The summed E-state index contributed by atoms with van der Waals surface area (Å²) in [5.41, 5.74) is 3.09. The molecular formula is C23H18N2O5. The van der Waals surface area contributed by atoms with Gasteiger partial charge < -0.3 is 19.0 Å². The van der Waals surface area contributed by atoms with Crippen molar-refractivity contribution in [3.63, 3.8) is 0 Å². The van der Waals surface area contributed by atoms with Crippen molar-refractivity contribution < 1.29 is 23.8 Å². The molecule has 0 radical (unpaired) electrons. The van der Waals surface area contributed by atoms with Gasteiger partial charge in [0.05, 0.1) is 12.7 Å². The van der Waals surface area contributed by atoms with E-state index >= 15 is 0 Å². The van der Waals surface area contributed by atoms with Gasteiger partial charge in [0.2, 0.25) is 13.0 Å². The summed E-state index contributed by atoms with van der Waals surface area (Å²) in [5, 5.41) is 4.36. The molecule has 0 spiro atoms. The van der Waals surface area contributed by atoms with Gasteiger partial charge in [-0.25, -0.2) is 4.79 Å². The fourth-order valence-electron chi connectivity index (χ4n) is 3.49. The third-order valence-corrected chi connectivity index (χ3v) is 4.98. The zero-order valence-electron chi connectivity index (χ0n) is 16.1. The minimum atomic E-state index is -0.475. The van der Waals surface area contributed by atoms with Gasteiger partial charge in [0.15, 0.2) is 17.3 Å². The number of fused-ring (bicyclic) bond motifs is 1. The monoisotopic (exact) mass is 402 g/mol. The largest absolute Gasteiger partial charge is 0.465 e. The molecule has 0 fully saturated rings. The molecule has 0 saturated carbocycles. The van der Waals surface area contributed by atoms with Crippen LogP contribution in [0.2, 0.25) is 0 Å². The van der Waals surface area contributed by atoms with Gasteiger partial charge in [0.1, 0.15) is 0 Å². The van der Waals surface area contributed by atoms with Crippen LogP contribution < -0.4 is 14.4 Å². The van der Waals surface area contributed by atoms with E-state index in [1.807, 2.05) is 65.6 Å². The maximum absolute atomic E-state index is 11.8. The summed E-state index contributed by atoms with van der Waals surface area (Å²) < 4.78 is 15.7. The number of nitrogens with zero attached hydrogens (tertiary/aromatic N) is 2. The lowest BCUT2D eigenvalue weighted by Gasteiger charge is -2.26. The van der Waals surface area contributed by atoms with Crippen LogP contribution in [0.1, 0.15) is 27.7 Å². The molecule has 150 valence electrons. The van der Waals surface area contributed by atoms with E-state index < -0.39 is 6.23 Å². The number of oxime groups is 1. The van der Waals surface area contributed by atoms with Crippen LogP contribution >= 0.6 is 0 Å². The number of benzene rings is 3. The van der Waals surface area contributed by atoms with E-state index in [2.05, 4.69) is 5.16 Å². The predicted molar refractivity (Wildman–Crippen MR) is 110 cm³/mol. The van der Waals surface area contributed by atoms with E-state index in [-0.39, 0.29) is 12.8 Å². The number of ether oxygens (including phenoxy) is 3. The molecule has 3 aromatic carbocycles. The van der Waals surface area contributed by atoms with Crippen molar-refractivity contribution in [3.05, 3.63) is 89.5 Å². The van der Waals surface area contributed by atoms with Crippen LogP contribution in [0.25, 0.3) is 0 Å². The zero-order chi connectivity index (χ0) is 20.5. The Labute approximate surface area is 173 Å². The molecule has 1 unspecified atom stereocenters. The van der Waals surface area contributed by atoms with Crippen LogP contribution in [0.4, 0.5) is 5.69 Å². The summed E-state index contributed by atoms with van der Waals surface area (Å²) >= 11 is 0. The summed E-state index contributed by atoms with van der Waals surface area (Å²) in [6.07, 6.45) is -0.475. The molecule has 2 aliphatic rings. The van der Waals surface area contributed by atoms with Crippen molar-refractivity contribution >= 4 is 17.5 Å². The van der Waals surface area contributed by atoms with E-state index in [4.69, 9.17) is 19.0 Å². The molecule has 0 bridgehead atoms. The molecule has 5 rings (SSSR count). The fraction of sp³-hybridized carbons (Fsp3) is 0.130. The number of carbonyl (C=O) groups excluding carboxylic acids is 1. The highest BCUT2D eigenvalue weighted by Crippen LogP contribution is 2.39. The molecule has 30 heavy (non-hydrogen) atoms. The first kappa shape index (κ1) is 18.1. The number of anilines is 1. The predicted octanol–water partition coefficient (Wildman–Crippen LogP) is 4.10. The zero-order valence-corrected chi connectivity index (χ0v) is 16.1. The molecule has 0 aliphatic carbocycles. The number of hydrogen-bond donors (Lipinski definition) is 0. The van der Waals surface area contributed by atoms with Crippen LogP contribution in [-0.2, 0) is 9.57 Å². The number of rotatable bonds is 4. The van der Waals surface area contributed by atoms with Gasteiger partial charge >= 0.3 is 5.97 Å². The average molecular weight is 402 g/mol. The Morgan fingerprint density at radius 2 is 1.77 bits per heavy atom. The normalized spacial score (nSPS) is 16.8. The molecule has 1 atom stereocenters. The topological polar surface area (TPSA) is 69.6 Å². The van der Waals surface area contributed by atoms with Gasteiger partial charge in [-0.05, 0) is 42.5 Å². The molecule has 7 nitrogen and oxygen atoms in total. The van der Waals surface area contributed by atoms with Crippen LogP contribution in [-0.4, -0.2) is 25.7 Å². The minimum absolute atomic E-state index is 0.209. The summed E-state index contributed by atoms with van der Waals surface area (Å²) in [6.45, 7) is 0.209. The molecule has 3 aromatic rings. The summed E-state index contributed by atoms with van der Waals surface area (Å²) in [5.74, 6) is 1.65. The molecular weight excluding hydrogens is 384 g/mol. The number of esters is 1. The second kappa shape index (κ2) is 7.44. The van der Waals surface area contributed by atoms with E-state index in [1.165, 1.54) is 7.11 Å². The number of carbonyl (C=O) groups is 1. The van der Waals surface area contributed by atoms with E-state index in [1.54, 1.807) is 12.1 Å². The molecule has 7 heteroatoms. The Balaban J connectivity index is 1.52. The summed E-state index contributed by atoms with van der Waals surface area (Å²) in [7, 11) is 1.36.